The Hall–Kier alpha value is -4.51. The Morgan fingerprint density at radius 1 is 0.892 bits per heavy atom. The first-order valence-electron chi connectivity index (χ1n) is 11.1. The number of methoxy groups -OCH3 is 4. The van der Waals surface area contributed by atoms with Gasteiger partial charge in [-0.3, -0.25) is 0 Å². The molecule has 2 aromatic heterocycles. The molecule has 0 unspecified atom stereocenters. The molecule has 0 spiro atoms. The molecule has 0 radical (unpaired) electrons. The van der Waals surface area contributed by atoms with Crippen molar-refractivity contribution in [2.75, 3.05) is 28.4 Å². The molecule has 10 nitrogen and oxygen atoms in total. The van der Waals surface area contributed by atoms with Gasteiger partial charge >= 0.3 is 6.16 Å². The van der Waals surface area contributed by atoms with Gasteiger partial charge in [0.2, 0.25) is 11.6 Å². The zero-order valence-electron chi connectivity index (χ0n) is 20.5. The summed E-state index contributed by atoms with van der Waals surface area (Å²) in [7, 11) is 6.14. The van der Waals surface area contributed by atoms with E-state index in [4.69, 9.17) is 23.7 Å². The van der Waals surface area contributed by atoms with Gasteiger partial charge in [-0.05, 0) is 35.4 Å². The van der Waals surface area contributed by atoms with Crippen LogP contribution in [0, 0.1) is 0 Å². The molecule has 37 heavy (non-hydrogen) atoms. The Bertz CT molecular complexity index is 1610. The topological polar surface area (TPSA) is 114 Å². The Labute approximate surface area is 215 Å². The second kappa shape index (κ2) is 9.86. The fraction of sp³-hybridized carbons (Fsp3) is 0.192. The van der Waals surface area contributed by atoms with Crippen LogP contribution in [0.1, 0.15) is 5.56 Å². The maximum absolute atomic E-state index is 11.9. The van der Waals surface area contributed by atoms with Crippen molar-refractivity contribution in [1.29, 1.82) is 0 Å². The predicted octanol–water partition coefficient (Wildman–Crippen LogP) is 5.45. The number of fused-ring (bicyclic) bond motifs is 2. The van der Waals surface area contributed by atoms with Crippen molar-refractivity contribution in [3.8, 4) is 40.0 Å². The summed E-state index contributed by atoms with van der Waals surface area (Å²) < 4.78 is 38.2. The van der Waals surface area contributed by atoms with E-state index < -0.39 is 6.16 Å². The van der Waals surface area contributed by atoms with Gasteiger partial charge in [0.15, 0.2) is 11.5 Å². The molecule has 2 heterocycles. The fourth-order valence-electron chi connectivity index (χ4n) is 4.43. The number of nitrogens with zero attached hydrogens (tertiary/aromatic N) is 3. The van der Waals surface area contributed by atoms with Gasteiger partial charge in [-0.1, -0.05) is 18.2 Å². The van der Waals surface area contributed by atoms with E-state index in [1.165, 1.54) is 21.3 Å². The molecule has 3 aromatic carbocycles. The molecule has 0 amide bonds. The lowest BCUT2D eigenvalue weighted by Gasteiger charge is -2.15. The lowest BCUT2D eigenvalue weighted by atomic mass is 10.0. The molecule has 0 saturated carbocycles. The Morgan fingerprint density at radius 3 is 2.27 bits per heavy atom. The number of carboxylic acid groups (broad SMARTS) is 1. The number of rotatable bonds is 8. The number of benzene rings is 3. The highest BCUT2D eigenvalue weighted by molar-refractivity contribution is 7.00. The lowest BCUT2D eigenvalue weighted by molar-refractivity contribution is 0.141. The van der Waals surface area contributed by atoms with E-state index in [-0.39, 0.29) is 12.4 Å². The number of ether oxygens (including phenoxy) is 5. The van der Waals surface area contributed by atoms with Crippen molar-refractivity contribution >= 4 is 39.8 Å². The van der Waals surface area contributed by atoms with Crippen LogP contribution in [-0.2, 0) is 6.54 Å². The molecule has 190 valence electrons. The van der Waals surface area contributed by atoms with Crippen LogP contribution >= 0.6 is 11.7 Å². The minimum absolute atomic E-state index is 0.123. The Balaban J connectivity index is 1.86. The molecule has 0 aliphatic rings. The van der Waals surface area contributed by atoms with Gasteiger partial charge in [0.25, 0.3) is 0 Å². The molecule has 1 N–H and O–H groups in total. The van der Waals surface area contributed by atoms with E-state index in [0.29, 0.717) is 45.0 Å². The summed E-state index contributed by atoms with van der Waals surface area (Å²) in [6.45, 7) is 0.279. The predicted molar refractivity (Wildman–Crippen MR) is 139 cm³/mol. The minimum Gasteiger partial charge on any atom is -0.497 e. The third kappa shape index (κ3) is 4.23. The van der Waals surface area contributed by atoms with Crippen molar-refractivity contribution in [3.63, 3.8) is 0 Å². The largest absolute Gasteiger partial charge is 0.512 e. The van der Waals surface area contributed by atoms with Crippen molar-refractivity contribution in [1.82, 2.24) is 13.3 Å². The number of carbonyl (C=O) groups is 1. The maximum Gasteiger partial charge on any atom is 0.512 e. The van der Waals surface area contributed by atoms with Crippen LogP contribution in [0.25, 0.3) is 33.1 Å². The average Bonchev–Trinajstić information content (AvgIpc) is 3.49. The van der Waals surface area contributed by atoms with Gasteiger partial charge < -0.3 is 33.4 Å². The summed E-state index contributed by atoms with van der Waals surface area (Å²) >= 11 is 1.13. The van der Waals surface area contributed by atoms with Gasteiger partial charge in [0.1, 0.15) is 16.8 Å². The van der Waals surface area contributed by atoms with Gasteiger partial charge in [0.05, 0.1) is 63.2 Å². The first-order chi connectivity index (χ1) is 18.0. The van der Waals surface area contributed by atoms with E-state index in [0.717, 1.165) is 28.3 Å². The molecule has 0 atom stereocenters. The van der Waals surface area contributed by atoms with Crippen molar-refractivity contribution < 1.29 is 33.6 Å². The zero-order chi connectivity index (χ0) is 26.1. The molecule has 5 aromatic rings. The lowest BCUT2D eigenvalue weighted by Crippen LogP contribution is -2.10. The molecule has 0 bridgehead atoms. The minimum atomic E-state index is -1.45. The summed E-state index contributed by atoms with van der Waals surface area (Å²) in [5, 5.41) is 10.3. The van der Waals surface area contributed by atoms with Crippen LogP contribution in [0.2, 0.25) is 0 Å². The van der Waals surface area contributed by atoms with Gasteiger partial charge in [-0.15, -0.1) is 0 Å². The second-order valence-electron chi connectivity index (χ2n) is 7.99. The van der Waals surface area contributed by atoms with Crippen LogP contribution in [0.5, 0.6) is 28.9 Å². The van der Waals surface area contributed by atoms with Crippen LogP contribution in [0.15, 0.2) is 48.5 Å². The molecule has 5 rings (SSSR count). The monoisotopic (exact) mass is 521 g/mol. The van der Waals surface area contributed by atoms with Crippen LogP contribution in [0.4, 0.5) is 4.79 Å². The summed E-state index contributed by atoms with van der Waals surface area (Å²) in [5.41, 5.74) is 4.28. The highest BCUT2D eigenvalue weighted by Crippen LogP contribution is 2.51. The maximum atomic E-state index is 11.9. The van der Waals surface area contributed by atoms with E-state index in [2.05, 4.69) is 8.75 Å². The van der Waals surface area contributed by atoms with Crippen molar-refractivity contribution in [2.45, 2.75) is 6.54 Å². The van der Waals surface area contributed by atoms with Crippen molar-refractivity contribution in [2.24, 2.45) is 0 Å². The average molecular weight is 522 g/mol. The van der Waals surface area contributed by atoms with Crippen LogP contribution in [-0.4, -0.2) is 53.0 Å². The zero-order valence-corrected chi connectivity index (χ0v) is 21.3. The first-order valence-corrected chi connectivity index (χ1v) is 11.8. The van der Waals surface area contributed by atoms with Crippen LogP contribution < -0.4 is 23.7 Å². The third-order valence-electron chi connectivity index (χ3n) is 6.03. The third-order valence-corrected chi connectivity index (χ3v) is 6.59. The summed E-state index contributed by atoms with van der Waals surface area (Å²) in [6, 6.07) is 14.7. The number of aromatic nitrogens is 3. The Kier molecular flexibility index (Phi) is 6.45. The van der Waals surface area contributed by atoms with E-state index in [1.54, 1.807) is 29.9 Å². The van der Waals surface area contributed by atoms with E-state index in [9.17, 15) is 9.90 Å². The van der Waals surface area contributed by atoms with Gasteiger partial charge in [-0.25, -0.2) is 4.79 Å². The molecular weight excluding hydrogens is 498 g/mol. The molecular formula is C26H23N3O7S. The number of hydrogen-bond acceptors (Lipinski definition) is 9. The molecule has 0 aliphatic carbocycles. The standard InChI is InChI=1S/C26H23N3O7S/c1-32-16-8-6-15(7-9-16)21-22-19(12-20(33-2)23(34-3)24(22)35-4)29(25(21)36-26(30)31)13-14-5-10-17-18(11-14)28-37-27-17/h5-12H,13H2,1-4H3,(H,30,31). The summed E-state index contributed by atoms with van der Waals surface area (Å²) in [6.07, 6.45) is -1.45. The van der Waals surface area contributed by atoms with Crippen LogP contribution in [0.3, 0.4) is 0 Å². The normalized spacial score (nSPS) is 11.0. The van der Waals surface area contributed by atoms with Gasteiger partial charge in [-0.2, -0.15) is 8.75 Å². The first kappa shape index (κ1) is 24.2. The van der Waals surface area contributed by atoms with Gasteiger partial charge in [0, 0.05) is 6.07 Å². The molecule has 0 fully saturated rings. The number of hydrogen-bond donors (Lipinski definition) is 1. The summed E-state index contributed by atoms with van der Waals surface area (Å²) in [5.74, 6) is 1.97. The van der Waals surface area contributed by atoms with E-state index >= 15 is 0 Å². The molecule has 0 saturated heterocycles. The highest BCUT2D eigenvalue weighted by Gasteiger charge is 2.29. The highest BCUT2D eigenvalue weighted by atomic mass is 32.1. The quantitative estimate of drug-likeness (QED) is 0.266. The molecule has 0 aliphatic heterocycles. The van der Waals surface area contributed by atoms with Crippen molar-refractivity contribution in [3.05, 3.63) is 54.1 Å². The smallest absolute Gasteiger partial charge is 0.497 e. The van der Waals surface area contributed by atoms with E-state index in [1.807, 2.05) is 30.3 Å². The Morgan fingerprint density at radius 2 is 1.62 bits per heavy atom. The SMILES string of the molecule is COc1ccc(-c2c(OC(=O)O)n(Cc3ccc4nsnc4c3)c3cc(OC)c(OC)c(OC)c23)cc1. The summed E-state index contributed by atoms with van der Waals surface area (Å²) in [4.78, 5) is 11.9. The molecule has 11 heteroatoms. The second-order valence-corrected chi connectivity index (χ2v) is 8.52. The fourth-order valence-corrected chi connectivity index (χ4v) is 4.95.